The molecule has 1 heterocycles. The number of carboxylic acid groups (broad SMARTS) is 1. The van der Waals surface area contributed by atoms with Crippen LogP contribution < -0.4 is 10.6 Å². The summed E-state index contributed by atoms with van der Waals surface area (Å²) in [5.41, 5.74) is 2.62. The van der Waals surface area contributed by atoms with Gasteiger partial charge in [0.25, 0.3) is 0 Å². The van der Waals surface area contributed by atoms with Crippen LogP contribution in [0.5, 0.6) is 0 Å². The molecular weight excluding hydrogens is 334 g/mol. The van der Waals surface area contributed by atoms with Crippen molar-refractivity contribution < 1.29 is 14.7 Å². The van der Waals surface area contributed by atoms with Crippen LogP contribution in [0.3, 0.4) is 0 Å². The number of anilines is 1. The molecule has 8 heteroatoms. The molecule has 2 rings (SSSR count). The van der Waals surface area contributed by atoms with Gasteiger partial charge in [0.2, 0.25) is 0 Å². The summed E-state index contributed by atoms with van der Waals surface area (Å²) in [6, 6.07) is 5.31. The van der Waals surface area contributed by atoms with Gasteiger partial charge >= 0.3 is 12.0 Å². The zero-order valence-corrected chi connectivity index (χ0v) is 14.4. The fourth-order valence-corrected chi connectivity index (χ4v) is 3.68. The number of rotatable bonds is 6. The summed E-state index contributed by atoms with van der Waals surface area (Å²) >= 11 is 3.18. The van der Waals surface area contributed by atoms with Crippen molar-refractivity contribution in [1.82, 2.24) is 10.3 Å². The van der Waals surface area contributed by atoms with Crippen LogP contribution >= 0.6 is 23.1 Å². The predicted molar refractivity (Wildman–Crippen MR) is 91.4 cm³/mol. The number of aryl methyl sites for hydroxylation is 2. The summed E-state index contributed by atoms with van der Waals surface area (Å²) in [6.45, 7) is 3.96. The minimum Gasteiger partial charge on any atom is -0.481 e. The lowest BCUT2D eigenvalue weighted by Gasteiger charge is -2.10. The number of nitrogens with one attached hydrogen (secondary N) is 2. The second kappa shape index (κ2) is 7.98. The molecule has 0 atom stereocenters. The molecule has 0 aliphatic rings. The first-order valence-electron chi connectivity index (χ1n) is 6.91. The fourth-order valence-electron chi connectivity index (χ4n) is 1.77. The average Bonchev–Trinajstić information content (AvgIpc) is 2.87. The Morgan fingerprint density at radius 1 is 1.35 bits per heavy atom. The van der Waals surface area contributed by atoms with E-state index in [1.165, 1.54) is 0 Å². The lowest BCUT2D eigenvalue weighted by atomic mass is 10.2. The zero-order chi connectivity index (χ0) is 16.8. The molecule has 2 amide bonds. The monoisotopic (exact) mass is 351 g/mol. The number of nitrogens with zero attached hydrogens (tertiary/aromatic N) is 1. The van der Waals surface area contributed by atoms with E-state index in [1.807, 2.05) is 37.4 Å². The van der Waals surface area contributed by atoms with E-state index in [-0.39, 0.29) is 13.0 Å². The summed E-state index contributed by atoms with van der Waals surface area (Å²) in [4.78, 5) is 27.6. The van der Waals surface area contributed by atoms with Crippen LogP contribution in [-0.2, 0) is 4.79 Å². The second-order valence-electron chi connectivity index (χ2n) is 4.86. The maximum absolute atomic E-state index is 11.7. The van der Waals surface area contributed by atoms with Gasteiger partial charge in [0, 0.05) is 28.2 Å². The Balaban J connectivity index is 1.93. The molecule has 0 aliphatic carbocycles. The van der Waals surface area contributed by atoms with Gasteiger partial charge in [0.1, 0.15) is 0 Å². The highest BCUT2D eigenvalue weighted by Gasteiger charge is 2.07. The smallest absolute Gasteiger partial charge is 0.319 e. The summed E-state index contributed by atoms with van der Waals surface area (Å²) in [5, 5.41) is 15.8. The van der Waals surface area contributed by atoms with Crippen LogP contribution in [0.1, 0.15) is 17.7 Å². The van der Waals surface area contributed by atoms with Crippen molar-refractivity contribution >= 4 is 40.8 Å². The standard InChI is InChI=1S/C15H17N3O3S2/c1-9-7-11(23-15-17-10(2)8-22-15)3-4-12(9)18-14(21)16-6-5-13(19)20/h3-4,7-8H,5-6H2,1-2H3,(H,19,20)(H2,16,18,21). The largest absolute Gasteiger partial charge is 0.481 e. The number of aromatic nitrogens is 1. The zero-order valence-electron chi connectivity index (χ0n) is 12.8. The first kappa shape index (κ1) is 17.3. The third kappa shape index (κ3) is 5.57. The van der Waals surface area contributed by atoms with Crippen LogP contribution in [0.4, 0.5) is 10.5 Å². The van der Waals surface area contributed by atoms with Gasteiger partial charge in [-0.25, -0.2) is 9.78 Å². The molecule has 122 valence electrons. The lowest BCUT2D eigenvalue weighted by Crippen LogP contribution is -2.30. The highest BCUT2D eigenvalue weighted by molar-refractivity contribution is 8.01. The molecule has 3 N–H and O–H groups in total. The SMILES string of the molecule is Cc1csc(Sc2ccc(NC(=O)NCCC(=O)O)c(C)c2)n1. The number of aliphatic carboxylic acids is 1. The highest BCUT2D eigenvalue weighted by atomic mass is 32.2. The van der Waals surface area contributed by atoms with Gasteiger partial charge in [-0.05, 0) is 37.6 Å². The van der Waals surface area contributed by atoms with Gasteiger partial charge in [-0.1, -0.05) is 11.8 Å². The number of benzene rings is 1. The molecule has 6 nitrogen and oxygen atoms in total. The minimum absolute atomic E-state index is 0.0948. The normalized spacial score (nSPS) is 10.3. The number of carbonyl (C=O) groups excluding carboxylic acids is 1. The Morgan fingerprint density at radius 2 is 2.13 bits per heavy atom. The van der Waals surface area contributed by atoms with E-state index in [1.54, 1.807) is 23.1 Å². The Labute approximate surface area is 142 Å². The number of hydrogen-bond donors (Lipinski definition) is 3. The second-order valence-corrected chi connectivity index (χ2v) is 7.04. The molecular formula is C15H17N3O3S2. The van der Waals surface area contributed by atoms with Gasteiger partial charge in [-0.3, -0.25) is 4.79 Å². The van der Waals surface area contributed by atoms with Crippen molar-refractivity contribution in [3.63, 3.8) is 0 Å². The maximum Gasteiger partial charge on any atom is 0.319 e. The van der Waals surface area contributed by atoms with Gasteiger partial charge in [-0.15, -0.1) is 11.3 Å². The number of carbonyl (C=O) groups is 2. The van der Waals surface area contributed by atoms with Crippen molar-refractivity contribution in [3.8, 4) is 0 Å². The summed E-state index contributed by atoms with van der Waals surface area (Å²) in [6.07, 6.45) is -0.102. The molecule has 0 unspecified atom stereocenters. The summed E-state index contributed by atoms with van der Waals surface area (Å²) in [7, 11) is 0. The molecule has 0 bridgehead atoms. The number of amides is 2. The lowest BCUT2D eigenvalue weighted by molar-refractivity contribution is -0.136. The van der Waals surface area contributed by atoms with E-state index < -0.39 is 12.0 Å². The first-order valence-corrected chi connectivity index (χ1v) is 8.61. The molecule has 0 saturated heterocycles. The van der Waals surface area contributed by atoms with E-state index in [9.17, 15) is 9.59 Å². The van der Waals surface area contributed by atoms with E-state index in [0.717, 1.165) is 20.5 Å². The Morgan fingerprint density at radius 3 is 2.74 bits per heavy atom. The van der Waals surface area contributed by atoms with Crippen molar-refractivity contribution in [2.45, 2.75) is 29.5 Å². The Bertz CT molecular complexity index is 716. The summed E-state index contributed by atoms with van der Waals surface area (Å²) < 4.78 is 0.981. The maximum atomic E-state index is 11.7. The van der Waals surface area contributed by atoms with Crippen molar-refractivity contribution in [1.29, 1.82) is 0 Å². The molecule has 0 aliphatic heterocycles. The molecule has 0 spiro atoms. The molecule has 0 fully saturated rings. The van der Waals surface area contributed by atoms with E-state index in [4.69, 9.17) is 5.11 Å². The third-order valence-corrected chi connectivity index (χ3v) is 4.92. The molecule has 1 aromatic carbocycles. The predicted octanol–water partition coefficient (Wildman–Crippen LogP) is 3.51. The molecule has 0 radical (unpaired) electrons. The topological polar surface area (TPSA) is 91.3 Å². The van der Waals surface area contributed by atoms with E-state index >= 15 is 0 Å². The first-order chi connectivity index (χ1) is 10.9. The van der Waals surface area contributed by atoms with Crippen molar-refractivity contribution in [2.24, 2.45) is 0 Å². The third-order valence-electron chi connectivity index (χ3n) is 2.87. The van der Waals surface area contributed by atoms with Crippen LogP contribution in [0.25, 0.3) is 0 Å². The van der Waals surface area contributed by atoms with Crippen molar-refractivity contribution in [3.05, 3.63) is 34.8 Å². The molecule has 23 heavy (non-hydrogen) atoms. The van der Waals surface area contributed by atoms with E-state index in [0.29, 0.717) is 5.69 Å². The van der Waals surface area contributed by atoms with Gasteiger partial charge < -0.3 is 15.7 Å². The fraction of sp³-hybridized carbons (Fsp3) is 0.267. The number of thiazole rings is 1. The van der Waals surface area contributed by atoms with E-state index in [2.05, 4.69) is 15.6 Å². The number of carboxylic acids is 1. The average molecular weight is 351 g/mol. The van der Waals surface area contributed by atoms with Gasteiger partial charge in [-0.2, -0.15) is 0 Å². The molecule has 1 aromatic heterocycles. The van der Waals surface area contributed by atoms with Crippen molar-refractivity contribution in [2.75, 3.05) is 11.9 Å². The van der Waals surface area contributed by atoms with Crippen LogP contribution in [0.15, 0.2) is 32.8 Å². The quantitative estimate of drug-likeness (QED) is 0.741. The molecule has 2 aromatic rings. The van der Waals surface area contributed by atoms with Crippen LogP contribution in [0.2, 0.25) is 0 Å². The minimum atomic E-state index is -0.944. The summed E-state index contributed by atoms with van der Waals surface area (Å²) in [5.74, 6) is -0.944. The Kier molecular flexibility index (Phi) is 6.00. The van der Waals surface area contributed by atoms with Crippen LogP contribution in [-0.4, -0.2) is 28.6 Å². The number of hydrogen-bond acceptors (Lipinski definition) is 5. The molecule has 0 saturated carbocycles. The van der Waals surface area contributed by atoms with Gasteiger partial charge in [0.15, 0.2) is 4.34 Å². The highest BCUT2D eigenvalue weighted by Crippen LogP contribution is 2.32. The van der Waals surface area contributed by atoms with Gasteiger partial charge in [0.05, 0.1) is 6.42 Å². The Hall–Kier alpha value is -2.06. The number of urea groups is 1. The van der Waals surface area contributed by atoms with Crippen LogP contribution in [0, 0.1) is 13.8 Å².